The largest absolute Gasteiger partial charge is 0.228 e. The Morgan fingerprint density at radius 2 is 0.871 bits per heavy atom. The summed E-state index contributed by atoms with van der Waals surface area (Å²) in [6, 6.07) is 83.4. The Balaban J connectivity index is 0.972. The van der Waals surface area contributed by atoms with Crippen LogP contribution in [-0.4, -0.2) is 9.97 Å². The Kier molecular flexibility index (Phi) is 8.62. The highest BCUT2D eigenvalue weighted by Crippen LogP contribution is 2.56. The molecule has 3 heteroatoms. The monoisotopic (exact) mass is 806 g/mol. The third-order valence-electron chi connectivity index (χ3n) is 12.6. The number of fused-ring (bicyclic) bond motifs is 6. The van der Waals surface area contributed by atoms with E-state index >= 15 is 0 Å². The Bertz CT molecular complexity index is 3400. The fourth-order valence-corrected chi connectivity index (χ4v) is 10.9. The van der Waals surface area contributed by atoms with E-state index in [4.69, 9.17) is 9.97 Å². The van der Waals surface area contributed by atoms with E-state index in [9.17, 15) is 0 Å². The zero-order valence-corrected chi connectivity index (χ0v) is 34.6. The summed E-state index contributed by atoms with van der Waals surface area (Å²) in [7, 11) is 0. The number of aromatic nitrogens is 2. The minimum Gasteiger partial charge on any atom is -0.228 e. The summed E-state index contributed by atoms with van der Waals surface area (Å²) in [4.78, 5) is 10.5. The minimum atomic E-state index is -0.500. The molecule has 0 saturated heterocycles. The molecule has 0 atom stereocenters. The maximum Gasteiger partial charge on any atom is 0.160 e. The highest BCUT2D eigenvalue weighted by atomic mass is 32.1. The van der Waals surface area contributed by atoms with Gasteiger partial charge in [0, 0.05) is 36.9 Å². The van der Waals surface area contributed by atoms with Crippen molar-refractivity contribution in [1.29, 1.82) is 0 Å². The van der Waals surface area contributed by atoms with Gasteiger partial charge in [0.25, 0.3) is 0 Å². The molecule has 1 aliphatic carbocycles. The van der Waals surface area contributed by atoms with Gasteiger partial charge < -0.3 is 0 Å². The van der Waals surface area contributed by atoms with E-state index < -0.39 is 5.41 Å². The quantitative estimate of drug-likeness (QED) is 0.160. The van der Waals surface area contributed by atoms with Gasteiger partial charge in [0.05, 0.1) is 16.8 Å². The zero-order chi connectivity index (χ0) is 41.0. The Morgan fingerprint density at radius 3 is 1.65 bits per heavy atom. The van der Waals surface area contributed by atoms with E-state index in [0.29, 0.717) is 5.82 Å². The topological polar surface area (TPSA) is 25.8 Å². The van der Waals surface area contributed by atoms with Crippen LogP contribution in [0.15, 0.2) is 231 Å². The molecule has 2 heterocycles. The smallest absolute Gasteiger partial charge is 0.160 e. The van der Waals surface area contributed by atoms with Crippen LogP contribution in [0.3, 0.4) is 0 Å². The SMILES string of the molecule is c1ccc(-c2nc(-c3ccc(-c4cccc(-c5cccc6sc7ccccc7c56)c4)cc3)cc(-c3ccc4c(c3)C(c3ccccc3)(c3ccccc3)c3ccccc3-4)n2)cc1. The van der Waals surface area contributed by atoms with E-state index in [-0.39, 0.29) is 0 Å². The van der Waals surface area contributed by atoms with Crippen molar-refractivity contribution in [3.63, 3.8) is 0 Å². The number of nitrogens with zero attached hydrogens (tertiary/aromatic N) is 2. The van der Waals surface area contributed by atoms with E-state index in [1.807, 2.05) is 17.4 Å². The lowest BCUT2D eigenvalue weighted by atomic mass is 9.67. The summed E-state index contributed by atoms with van der Waals surface area (Å²) in [5, 5.41) is 2.64. The molecule has 2 nitrogen and oxygen atoms in total. The molecule has 62 heavy (non-hydrogen) atoms. The number of benzene rings is 9. The van der Waals surface area contributed by atoms with Gasteiger partial charge in [-0.2, -0.15) is 0 Å². The molecule has 0 spiro atoms. The normalized spacial score (nSPS) is 12.6. The van der Waals surface area contributed by atoms with Crippen molar-refractivity contribution in [1.82, 2.24) is 9.97 Å². The fourth-order valence-electron chi connectivity index (χ4n) is 9.78. The molecule has 290 valence electrons. The summed E-state index contributed by atoms with van der Waals surface area (Å²) in [5.41, 5.74) is 16.7. The summed E-state index contributed by atoms with van der Waals surface area (Å²) in [6.45, 7) is 0. The van der Waals surface area contributed by atoms with Crippen molar-refractivity contribution in [2.45, 2.75) is 5.41 Å². The van der Waals surface area contributed by atoms with Gasteiger partial charge in [-0.3, -0.25) is 0 Å². The molecule has 0 fully saturated rings. The molecule has 0 saturated carbocycles. The summed E-state index contributed by atoms with van der Waals surface area (Å²) < 4.78 is 2.63. The zero-order valence-electron chi connectivity index (χ0n) is 33.7. The second kappa shape index (κ2) is 14.8. The van der Waals surface area contributed by atoms with Crippen molar-refractivity contribution in [2.24, 2.45) is 0 Å². The summed E-state index contributed by atoms with van der Waals surface area (Å²) >= 11 is 1.86. The first kappa shape index (κ1) is 36.2. The van der Waals surface area contributed by atoms with Gasteiger partial charge in [-0.25, -0.2) is 9.97 Å². The third-order valence-corrected chi connectivity index (χ3v) is 13.7. The lowest BCUT2D eigenvalue weighted by molar-refractivity contribution is 0.768. The number of hydrogen-bond acceptors (Lipinski definition) is 3. The first-order valence-electron chi connectivity index (χ1n) is 21.1. The van der Waals surface area contributed by atoms with Crippen LogP contribution in [-0.2, 0) is 5.41 Å². The van der Waals surface area contributed by atoms with Crippen LogP contribution in [0, 0.1) is 0 Å². The van der Waals surface area contributed by atoms with Crippen molar-refractivity contribution in [2.75, 3.05) is 0 Å². The molecule has 2 aromatic heterocycles. The first-order valence-corrected chi connectivity index (χ1v) is 22.0. The average Bonchev–Trinajstić information content (AvgIpc) is 3.89. The molecule has 0 amide bonds. The molecule has 0 aliphatic heterocycles. The lowest BCUT2D eigenvalue weighted by Gasteiger charge is -2.34. The van der Waals surface area contributed by atoms with Crippen LogP contribution in [0.2, 0.25) is 0 Å². The van der Waals surface area contributed by atoms with Crippen molar-refractivity contribution in [3.8, 4) is 67.3 Å². The predicted octanol–water partition coefficient (Wildman–Crippen LogP) is 15.5. The van der Waals surface area contributed by atoms with Crippen molar-refractivity contribution < 1.29 is 0 Å². The lowest BCUT2D eigenvalue weighted by Crippen LogP contribution is -2.28. The molecule has 11 aromatic rings. The van der Waals surface area contributed by atoms with Gasteiger partial charge in [0.1, 0.15) is 0 Å². The van der Waals surface area contributed by atoms with E-state index in [0.717, 1.165) is 33.6 Å². The van der Waals surface area contributed by atoms with E-state index in [1.54, 1.807) is 0 Å². The number of thiophene rings is 1. The molecule has 0 bridgehead atoms. The van der Waals surface area contributed by atoms with Crippen LogP contribution < -0.4 is 0 Å². The highest BCUT2D eigenvalue weighted by Gasteiger charge is 2.46. The molecular formula is C59H38N2S. The van der Waals surface area contributed by atoms with Gasteiger partial charge >= 0.3 is 0 Å². The molecule has 0 unspecified atom stereocenters. The van der Waals surface area contributed by atoms with Crippen LogP contribution in [0.25, 0.3) is 87.5 Å². The van der Waals surface area contributed by atoms with Crippen molar-refractivity contribution in [3.05, 3.63) is 253 Å². The minimum absolute atomic E-state index is 0.500. The fraction of sp³-hybridized carbons (Fsp3) is 0.0169. The van der Waals surface area contributed by atoms with Gasteiger partial charge in [-0.15, -0.1) is 11.3 Å². The Morgan fingerprint density at radius 1 is 0.323 bits per heavy atom. The van der Waals surface area contributed by atoms with Gasteiger partial charge in [0.2, 0.25) is 0 Å². The molecular weight excluding hydrogens is 769 g/mol. The second-order valence-electron chi connectivity index (χ2n) is 16.1. The predicted molar refractivity (Wildman–Crippen MR) is 259 cm³/mol. The van der Waals surface area contributed by atoms with Crippen LogP contribution in [0.5, 0.6) is 0 Å². The first-order chi connectivity index (χ1) is 30.7. The Labute approximate surface area is 365 Å². The molecule has 0 radical (unpaired) electrons. The molecule has 0 N–H and O–H groups in total. The maximum absolute atomic E-state index is 5.30. The van der Waals surface area contributed by atoms with Crippen LogP contribution >= 0.6 is 11.3 Å². The van der Waals surface area contributed by atoms with Gasteiger partial charge in [-0.05, 0) is 86.0 Å². The third kappa shape index (κ3) is 5.85. The molecule has 12 rings (SSSR count). The number of rotatable bonds is 7. The summed E-state index contributed by atoms with van der Waals surface area (Å²) in [6.07, 6.45) is 0. The summed E-state index contributed by atoms with van der Waals surface area (Å²) in [5.74, 6) is 0.700. The van der Waals surface area contributed by atoms with Gasteiger partial charge in [-0.1, -0.05) is 200 Å². The number of hydrogen-bond donors (Lipinski definition) is 0. The molecule has 1 aliphatic rings. The second-order valence-corrected chi connectivity index (χ2v) is 17.1. The van der Waals surface area contributed by atoms with Crippen LogP contribution in [0.4, 0.5) is 0 Å². The van der Waals surface area contributed by atoms with Crippen LogP contribution in [0.1, 0.15) is 22.3 Å². The van der Waals surface area contributed by atoms with E-state index in [2.05, 4.69) is 224 Å². The molecule has 9 aromatic carbocycles. The standard InChI is InChI=1S/C59H38N2S/c1-4-16-41(17-5-1)58-60-53(40-32-30-39(31-33-40)42-18-14-19-43(36-42)47-26-15-29-56-57(47)50-25-11-13-28-55(50)62-56)38-54(61-58)44-34-35-49-48-24-10-12-27-51(48)59(52(49)37-44,45-20-6-2-7-21-45)46-22-8-3-9-23-46/h1-38H. The maximum atomic E-state index is 5.30. The van der Waals surface area contributed by atoms with Crippen molar-refractivity contribution >= 4 is 31.5 Å². The average molecular weight is 807 g/mol. The highest BCUT2D eigenvalue weighted by molar-refractivity contribution is 7.25. The Hall–Kier alpha value is -7.72. The van der Waals surface area contributed by atoms with E-state index in [1.165, 1.54) is 70.2 Å². The van der Waals surface area contributed by atoms with Gasteiger partial charge in [0.15, 0.2) is 5.82 Å².